The highest BCUT2D eigenvalue weighted by Crippen LogP contribution is 2.25. The van der Waals surface area contributed by atoms with E-state index in [1.54, 1.807) is 12.4 Å². The van der Waals surface area contributed by atoms with Gasteiger partial charge in [0.1, 0.15) is 0 Å². The van der Waals surface area contributed by atoms with Crippen molar-refractivity contribution in [2.75, 3.05) is 0 Å². The van der Waals surface area contributed by atoms with Crippen molar-refractivity contribution in [3.8, 4) is 5.69 Å². The van der Waals surface area contributed by atoms with Crippen molar-refractivity contribution >= 4 is 16.9 Å². The van der Waals surface area contributed by atoms with Gasteiger partial charge in [-0.05, 0) is 55.7 Å². The van der Waals surface area contributed by atoms with Crippen molar-refractivity contribution in [2.45, 2.75) is 33.7 Å². The Morgan fingerprint density at radius 1 is 1.10 bits per heavy atom. The second kappa shape index (κ2) is 7.83. The van der Waals surface area contributed by atoms with Crippen molar-refractivity contribution < 1.29 is 4.79 Å². The Hall–Kier alpha value is -3.54. The van der Waals surface area contributed by atoms with E-state index in [9.17, 15) is 4.79 Å². The first-order valence-electron chi connectivity index (χ1n) is 9.70. The molecule has 0 atom stereocenters. The number of aromatic nitrogens is 4. The number of rotatable bonds is 5. The Labute approximate surface area is 169 Å². The molecule has 0 saturated heterocycles. The molecule has 6 heteroatoms. The molecule has 0 fully saturated rings. The summed E-state index contributed by atoms with van der Waals surface area (Å²) in [7, 11) is 0. The predicted octanol–water partition coefficient (Wildman–Crippen LogP) is 3.92. The van der Waals surface area contributed by atoms with Gasteiger partial charge in [0.15, 0.2) is 5.65 Å². The number of aryl methyl sites for hydroxylation is 3. The minimum absolute atomic E-state index is 0.145. The maximum atomic E-state index is 13.0. The number of carbonyl (C=O) groups excluding carboxylic acids is 1. The smallest absolute Gasteiger partial charge is 0.252 e. The number of amides is 1. The Morgan fingerprint density at radius 2 is 1.90 bits per heavy atom. The van der Waals surface area contributed by atoms with Crippen LogP contribution in [0.15, 0.2) is 54.9 Å². The molecule has 1 N–H and O–H groups in total. The van der Waals surface area contributed by atoms with Crippen LogP contribution in [-0.4, -0.2) is 25.7 Å². The Morgan fingerprint density at radius 3 is 2.59 bits per heavy atom. The van der Waals surface area contributed by atoms with Gasteiger partial charge in [-0.3, -0.25) is 9.78 Å². The second-order valence-corrected chi connectivity index (χ2v) is 7.07. The van der Waals surface area contributed by atoms with Crippen LogP contribution in [0.1, 0.15) is 39.8 Å². The fourth-order valence-electron chi connectivity index (χ4n) is 3.43. The molecule has 0 unspecified atom stereocenters. The van der Waals surface area contributed by atoms with Crippen molar-refractivity contribution in [3.05, 3.63) is 82.9 Å². The van der Waals surface area contributed by atoms with Crippen LogP contribution in [0.25, 0.3) is 16.7 Å². The lowest BCUT2D eigenvalue weighted by Crippen LogP contribution is -2.23. The summed E-state index contributed by atoms with van der Waals surface area (Å²) in [6.45, 7) is 6.35. The van der Waals surface area contributed by atoms with Crippen molar-refractivity contribution in [3.63, 3.8) is 0 Å². The molecular weight excluding hydrogens is 362 g/mol. The summed E-state index contributed by atoms with van der Waals surface area (Å²) in [5, 5.41) is 8.44. The van der Waals surface area contributed by atoms with E-state index in [4.69, 9.17) is 0 Å². The molecule has 29 heavy (non-hydrogen) atoms. The second-order valence-electron chi connectivity index (χ2n) is 7.07. The average molecular weight is 385 g/mol. The summed E-state index contributed by atoms with van der Waals surface area (Å²) in [5.41, 5.74) is 5.98. The highest BCUT2D eigenvalue weighted by atomic mass is 16.1. The van der Waals surface area contributed by atoms with E-state index in [0.29, 0.717) is 17.8 Å². The molecule has 0 aliphatic carbocycles. The highest BCUT2D eigenvalue weighted by molar-refractivity contribution is 6.06. The van der Waals surface area contributed by atoms with Gasteiger partial charge in [0.2, 0.25) is 0 Å². The summed E-state index contributed by atoms with van der Waals surface area (Å²) in [4.78, 5) is 21.7. The molecule has 3 heterocycles. The maximum Gasteiger partial charge on any atom is 0.252 e. The number of carbonyl (C=O) groups is 1. The van der Waals surface area contributed by atoms with E-state index in [-0.39, 0.29) is 5.91 Å². The first-order valence-corrected chi connectivity index (χ1v) is 9.70. The summed E-state index contributed by atoms with van der Waals surface area (Å²) in [5.74, 6) is -0.145. The fourth-order valence-corrected chi connectivity index (χ4v) is 3.43. The molecule has 4 aromatic rings. The zero-order valence-corrected chi connectivity index (χ0v) is 16.8. The number of nitrogens with one attached hydrogen (secondary N) is 1. The van der Waals surface area contributed by atoms with E-state index in [2.05, 4.69) is 39.4 Å². The summed E-state index contributed by atoms with van der Waals surface area (Å²) >= 11 is 0. The molecule has 146 valence electrons. The quantitative estimate of drug-likeness (QED) is 0.565. The van der Waals surface area contributed by atoms with Crippen LogP contribution in [0.3, 0.4) is 0 Å². The van der Waals surface area contributed by atoms with Gasteiger partial charge < -0.3 is 5.32 Å². The zero-order chi connectivity index (χ0) is 20.4. The number of hydrogen-bond donors (Lipinski definition) is 1. The van der Waals surface area contributed by atoms with Crippen LogP contribution in [-0.2, 0) is 13.0 Å². The normalized spacial score (nSPS) is 11.0. The number of hydrogen-bond acceptors (Lipinski definition) is 4. The molecular formula is C23H23N5O. The molecule has 0 radical (unpaired) electrons. The lowest BCUT2D eigenvalue weighted by Gasteiger charge is -2.09. The minimum atomic E-state index is -0.145. The lowest BCUT2D eigenvalue weighted by molar-refractivity contribution is 0.0952. The lowest BCUT2D eigenvalue weighted by atomic mass is 10.1. The zero-order valence-electron chi connectivity index (χ0n) is 16.8. The van der Waals surface area contributed by atoms with Gasteiger partial charge in [0.05, 0.1) is 22.3 Å². The molecule has 0 aliphatic rings. The van der Waals surface area contributed by atoms with Crippen molar-refractivity contribution in [2.24, 2.45) is 0 Å². The monoisotopic (exact) mass is 385 g/mol. The summed E-state index contributed by atoms with van der Waals surface area (Å²) in [6, 6.07) is 13.9. The van der Waals surface area contributed by atoms with Crippen LogP contribution >= 0.6 is 0 Å². The van der Waals surface area contributed by atoms with Crippen LogP contribution in [0.4, 0.5) is 0 Å². The van der Waals surface area contributed by atoms with Crippen LogP contribution in [0.5, 0.6) is 0 Å². The molecule has 1 aromatic carbocycles. The van der Waals surface area contributed by atoms with Crippen LogP contribution < -0.4 is 5.32 Å². The van der Waals surface area contributed by atoms with Crippen molar-refractivity contribution in [1.29, 1.82) is 0 Å². The van der Waals surface area contributed by atoms with Gasteiger partial charge in [-0.1, -0.05) is 25.1 Å². The topological polar surface area (TPSA) is 72.7 Å². The molecule has 0 spiro atoms. The Balaban J connectivity index is 1.73. The molecule has 4 rings (SSSR count). The Kier molecular flexibility index (Phi) is 5.08. The third kappa shape index (κ3) is 3.74. The fraction of sp³-hybridized carbons (Fsp3) is 0.217. The van der Waals surface area contributed by atoms with Gasteiger partial charge in [0, 0.05) is 24.6 Å². The standard InChI is InChI=1S/C23H23N5O/c1-4-17-7-9-19(10-8-17)28-22-21(16(3)27-28)20(12-15(2)26-22)23(29)25-14-18-6-5-11-24-13-18/h5-13H,4,14H2,1-3H3,(H,25,29). The minimum Gasteiger partial charge on any atom is -0.348 e. The van der Waals surface area contributed by atoms with E-state index in [0.717, 1.165) is 34.4 Å². The molecule has 3 aromatic heterocycles. The molecule has 0 aliphatic heterocycles. The average Bonchev–Trinajstić information content (AvgIpc) is 3.08. The van der Waals surface area contributed by atoms with Gasteiger partial charge in [-0.2, -0.15) is 5.10 Å². The number of benzene rings is 1. The summed E-state index contributed by atoms with van der Waals surface area (Å²) < 4.78 is 1.81. The third-order valence-electron chi connectivity index (χ3n) is 4.95. The molecule has 0 saturated carbocycles. The van der Waals surface area contributed by atoms with Crippen LogP contribution in [0, 0.1) is 13.8 Å². The largest absolute Gasteiger partial charge is 0.348 e. The van der Waals surface area contributed by atoms with E-state index in [1.165, 1.54) is 5.56 Å². The summed E-state index contributed by atoms with van der Waals surface area (Å²) in [6.07, 6.45) is 4.45. The van der Waals surface area contributed by atoms with Gasteiger partial charge in [-0.25, -0.2) is 9.67 Å². The SMILES string of the molecule is CCc1ccc(-n2nc(C)c3c(C(=O)NCc4cccnc4)cc(C)nc32)cc1. The molecule has 1 amide bonds. The predicted molar refractivity (Wildman–Crippen MR) is 113 cm³/mol. The Bertz CT molecular complexity index is 1160. The van der Waals surface area contributed by atoms with Gasteiger partial charge in [-0.15, -0.1) is 0 Å². The molecule has 0 bridgehead atoms. The van der Waals surface area contributed by atoms with Crippen molar-refractivity contribution in [1.82, 2.24) is 25.1 Å². The van der Waals surface area contributed by atoms with E-state index < -0.39 is 0 Å². The van der Waals surface area contributed by atoms with Gasteiger partial charge >= 0.3 is 0 Å². The number of pyridine rings is 2. The van der Waals surface area contributed by atoms with Crippen LogP contribution in [0.2, 0.25) is 0 Å². The van der Waals surface area contributed by atoms with E-state index >= 15 is 0 Å². The first-order chi connectivity index (χ1) is 14.1. The highest BCUT2D eigenvalue weighted by Gasteiger charge is 2.19. The van der Waals surface area contributed by atoms with Gasteiger partial charge in [0.25, 0.3) is 5.91 Å². The number of nitrogens with zero attached hydrogens (tertiary/aromatic N) is 4. The third-order valence-corrected chi connectivity index (χ3v) is 4.95. The van der Waals surface area contributed by atoms with E-state index in [1.807, 2.05) is 48.9 Å². The number of fused-ring (bicyclic) bond motifs is 1. The first kappa shape index (κ1) is 18.8. The maximum absolute atomic E-state index is 13.0. The molecule has 6 nitrogen and oxygen atoms in total.